The third-order valence-corrected chi connectivity index (χ3v) is 4.06. The first-order chi connectivity index (χ1) is 8.17. The first-order valence-corrected chi connectivity index (χ1v) is 7.17. The number of carbonyl (C=O) groups excluding carboxylic acids is 1. The van der Waals surface area contributed by atoms with Crippen molar-refractivity contribution in [1.82, 2.24) is 5.32 Å². The lowest BCUT2D eigenvalue weighted by molar-refractivity contribution is -0.125. The van der Waals surface area contributed by atoms with E-state index in [4.69, 9.17) is 5.73 Å². The van der Waals surface area contributed by atoms with Crippen LogP contribution in [-0.4, -0.2) is 18.5 Å². The molecule has 17 heavy (non-hydrogen) atoms. The molecule has 0 saturated heterocycles. The average molecular weight is 240 g/mol. The third-order valence-electron chi connectivity index (χ3n) is 4.06. The van der Waals surface area contributed by atoms with Gasteiger partial charge in [0, 0.05) is 12.0 Å². The van der Waals surface area contributed by atoms with Gasteiger partial charge in [0.15, 0.2) is 0 Å². The summed E-state index contributed by atoms with van der Waals surface area (Å²) in [6.45, 7) is 4.94. The Balaban J connectivity index is 2.22. The predicted molar refractivity (Wildman–Crippen MR) is 71.6 cm³/mol. The fourth-order valence-electron chi connectivity index (χ4n) is 2.61. The summed E-state index contributed by atoms with van der Waals surface area (Å²) in [6, 6.07) is 0.422. The van der Waals surface area contributed by atoms with E-state index in [0.717, 1.165) is 31.6 Å². The van der Waals surface area contributed by atoms with E-state index in [1.165, 1.54) is 19.3 Å². The van der Waals surface area contributed by atoms with Gasteiger partial charge in [-0.15, -0.1) is 0 Å². The number of hydrogen-bond donors (Lipinski definition) is 2. The molecule has 0 aliphatic heterocycles. The minimum Gasteiger partial charge on any atom is -0.353 e. The van der Waals surface area contributed by atoms with E-state index in [-0.39, 0.29) is 11.8 Å². The molecule has 1 saturated carbocycles. The molecule has 0 bridgehead atoms. The molecule has 3 heteroatoms. The predicted octanol–water partition coefficient (Wildman–Crippen LogP) is 2.45. The summed E-state index contributed by atoms with van der Waals surface area (Å²) in [4.78, 5) is 11.9. The maximum absolute atomic E-state index is 11.9. The zero-order chi connectivity index (χ0) is 12.7. The van der Waals surface area contributed by atoms with Crippen molar-refractivity contribution >= 4 is 5.91 Å². The molecule has 100 valence electrons. The highest BCUT2D eigenvalue weighted by molar-refractivity contribution is 5.78. The molecular weight excluding hydrogens is 212 g/mol. The van der Waals surface area contributed by atoms with Crippen molar-refractivity contribution in [3.63, 3.8) is 0 Å². The highest BCUT2D eigenvalue weighted by Gasteiger charge is 2.22. The zero-order valence-corrected chi connectivity index (χ0v) is 11.4. The van der Waals surface area contributed by atoms with Crippen LogP contribution in [0.3, 0.4) is 0 Å². The fraction of sp³-hybridized carbons (Fsp3) is 0.929. The van der Waals surface area contributed by atoms with Gasteiger partial charge in [-0.2, -0.15) is 0 Å². The highest BCUT2D eigenvalue weighted by atomic mass is 16.1. The van der Waals surface area contributed by atoms with Crippen molar-refractivity contribution in [2.75, 3.05) is 6.54 Å². The van der Waals surface area contributed by atoms with Crippen LogP contribution in [0.5, 0.6) is 0 Å². The van der Waals surface area contributed by atoms with Gasteiger partial charge in [-0.3, -0.25) is 4.79 Å². The first-order valence-electron chi connectivity index (χ1n) is 7.17. The van der Waals surface area contributed by atoms with Crippen LogP contribution in [0, 0.1) is 11.8 Å². The second-order valence-corrected chi connectivity index (χ2v) is 5.47. The quantitative estimate of drug-likeness (QED) is 0.749. The number of hydrogen-bond acceptors (Lipinski definition) is 2. The molecular formula is C14H28N2O. The Morgan fingerprint density at radius 1 is 1.35 bits per heavy atom. The molecule has 1 amide bonds. The lowest BCUT2D eigenvalue weighted by atomic mass is 9.84. The van der Waals surface area contributed by atoms with Crippen molar-refractivity contribution in [3.05, 3.63) is 0 Å². The molecule has 0 spiro atoms. The molecule has 1 rings (SSSR count). The standard InChI is InChI=1S/C14H28N2O/c1-3-12-6-8-13(9-7-12)16-14(17)11(2)5-4-10-15/h11-13H,3-10,15H2,1-2H3,(H,16,17). The van der Waals surface area contributed by atoms with Gasteiger partial charge in [-0.05, 0) is 51.0 Å². The normalized spacial score (nSPS) is 26.5. The van der Waals surface area contributed by atoms with Crippen LogP contribution < -0.4 is 11.1 Å². The molecule has 1 fully saturated rings. The summed E-state index contributed by atoms with van der Waals surface area (Å²) >= 11 is 0. The van der Waals surface area contributed by atoms with Crippen molar-refractivity contribution in [3.8, 4) is 0 Å². The highest BCUT2D eigenvalue weighted by Crippen LogP contribution is 2.26. The minimum atomic E-state index is 0.113. The average Bonchev–Trinajstić information content (AvgIpc) is 2.36. The smallest absolute Gasteiger partial charge is 0.223 e. The van der Waals surface area contributed by atoms with Crippen LogP contribution in [0.1, 0.15) is 58.8 Å². The second kappa shape index (κ2) is 7.70. The second-order valence-electron chi connectivity index (χ2n) is 5.47. The molecule has 0 radical (unpaired) electrons. The third kappa shape index (κ3) is 5.07. The molecule has 1 aliphatic rings. The van der Waals surface area contributed by atoms with Crippen LogP contribution in [0.25, 0.3) is 0 Å². The number of rotatable bonds is 6. The number of nitrogens with one attached hydrogen (secondary N) is 1. The van der Waals surface area contributed by atoms with Crippen LogP contribution in [0.4, 0.5) is 0 Å². The Kier molecular flexibility index (Phi) is 6.56. The van der Waals surface area contributed by atoms with Gasteiger partial charge >= 0.3 is 0 Å². The van der Waals surface area contributed by atoms with Gasteiger partial charge < -0.3 is 11.1 Å². The maximum atomic E-state index is 11.9. The van der Waals surface area contributed by atoms with E-state index in [0.29, 0.717) is 12.6 Å². The monoisotopic (exact) mass is 240 g/mol. The van der Waals surface area contributed by atoms with Gasteiger partial charge in [-0.25, -0.2) is 0 Å². The van der Waals surface area contributed by atoms with E-state index in [1.54, 1.807) is 0 Å². The van der Waals surface area contributed by atoms with Crippen molar-refractivity contribution in [1.29, 1.82) is 0 Å². The SMILES string of the molecule is CCC1CCC(NC(=O)C(C)CCCN)CC1. The van der Waals surface area contributed by atoms with Crippen LogP contribution in [0.15, 0.2) is 0 Å². The summed E-state index contributed by atoms with van der Waals surface area (Å²) in [7, 11) is 0. The minimum absolute atomic E-state index is 0.113. The van der Waals surface area contributed by atoms with Gasteiger partial charge in [0.25, 0.3) is 0 Å². The molecule has 0 aromatic heterocycles. The molecule has 0 aromatic rings. The Morgan fingerprint density at radius 3 is 2.53 bits per heavy atom. The van der Waals surface area contributed by atoms with Crippen LogP contribution in [0.2, 0.25) is 0 Å². The van der Waals surface area contributed by atoms with E-state index in [9.17, 15) is 4.79 Å². The summed E-state index contributed by atoms with van der Waals surface area (Å²) in [5, 5.41) is 3.19. The number of amides is 1. The van der Waals surface area contributed by atoms with Gasteiger partial charge in [0.05, 0.1) is 0 Å². The molecule has 0 heterocycles. The molecule has 1 atom stereocenters. The Labute approximate surface area is 106 Å². The van der Waals surface area contributed by atoms with Gasteiger partial charge in [-0.1, -0.05) is 20.3 Å². The van der Waals surface area contributed by atoms with Crippen LogP contribution >= 0.6 is 0 Å². The Bertz CT molecular complexity index is 222. The van der Waals surface area contributed by atoms with Crippen molar-refractivity contribution in [2.24, 2.45) is 17.6 Å². The topological polar surface area (TPSA) is 55.1 Å². The van der Waals surface area contributed by atoms with E-state index >= 15 is 0 Å². The summed E-state index contributed by atoms with van der Waals surface area (Å²) < 4.78 is 0. The Hall–Kier alpha value is -0.570. The maximum Gasteiger partial charge on any atom is 0.223 e. The molecule has 1 unspecified atom stereocenters. The fourth-order valence-corrected chi connectivity index (χ4v) is 2.61. The molecule has 0 aromatic carbocycles. The van der Waals surface area contributed by atoms with Crippen LogP contribution in [-0.2, 0) is 4.79 Å². The van der Waals surface area contributed by atoms with E-state index in [1.807, 2.05) is 6.92 Å². The van der Waals surface area contributed by atoms with Gasteiger partial charge in [0.2, 0.25) is 5.91 Å². The van der Waals surface area contributed by atoms with Gasteiger partial charge in [0.1, 0.15) is 0 Å². The molecule has 3 nitrogen and oxygen atoms in total. The Morgan fingerprint density at radius 2 is 2.00 bits per heavy atom. The lowest BCUT2D eigenvalue weighted by Gasteiger charge is -2.29. The number of nitrogens with two attached hydrogens (primary N) is 1. The molecule has 1 aliphatic carbocycles. The first kappa shape index (κ1) is 14.5. The van der Waals surface area contributed by atoms with Crippen molar-refractivity contribution in [2.45, 2.75) is 64.8 Å². The van der Waals surface area contributed by atoms with E-state index in [2.05, 4.69) is 12.2 Å². The van der Waals surface area contributed by atoms with Crippen molar-refractivity contribution < 1.29 is 4.79 Å². The molecule has 3 N–H and O–H groups in total. The van der Waals surface area contributed by atoms with E-state index < -0.39 is 0 Å². The number of carbonyl (C=O) groups is 1. The lowest BCUT2D eigenvalue weighted by Crippen LogP contribution is -2.40. The largest absolute Gasteiger partial charge is 0.353 e. The summed E-state index contributed by atoms with van der Waals surface area (Å²) in [6.07, 6.45) is 8.01. The zero-order valence-electron chi connectivity index (χ0n) is 11.4. The summed E-state index contributed by atoms with van der Waals surface area (Å²) in [5.41, 5.74) is 5.46. The summed E-state index contributed by atoms with van der Waals surface area (Å²) in [5.74, 6) is 1.22.